The Labute approximate surface area is 119 Å². The van der Waals surface area contributed by atoms with Crippen molar-refractivity contribution >= 4 is 11.4 Å². The molecule has 21 heavy (non-hydrogen) atoms. The zero-order chi connectivity index (χ0) is 16.3. The number of nitrogens with two attached hydrogens (primary N) is 1. The van der Waals surface area contributed by atoms with E-state index in [0.717, 1.165) is 0 Å². The molecule has 9 heteroatoms. The monoisotopic (exact) mass is 306 g/mol. The summed E-state index contributed by atoms with van der Waals surface area (Å²) in [6.07, 6.45) is -2.90. The van der Waals surface area contributed by atoms with Gasteiger partial charge in [-0.05, 0) is 18.9 Å². The van der Waals surface area contributed by atoms with E-state index in [1.165, 1.54) is 0 Å². The minimum atomic E-state index is -4.67. The predicted octanol–water partition coefficient (Wildman–Crippen LogP) is 2.94. The van der Waals surface area contributed by atoms with Crippen LogP contribution in [0.2, 0.25) is 0 Å². The van der Waals surface area contributed by atoms with Crippen LogP contribution < -0.4 is 11.1 Å². The summed E-state index contributed by atoms with van der Waals surface area (Å²) in [6.45, 7) is 3.81. The van der Waals surface area contributed by atoms with Gasteiger partial charge in [0.05, 0.1) is 4.92 Å². The lowest BCUT2D eigenvalue weighted by atomic mass is 9.94. The van der Waals surface area contributed by atoms with Crippen molar-refractivity contribution in [1.29, 1.82) is 0 Å². The van der Waals surface area contributed by atoms with E-state index in [1.807, 2.05) is 13.8 Å². The summed E-state index contributed by atoms with van der Waals surface area (Å²) in [5.41, 5.74) is 3.44. The molecule has 0 aliphatic rings. The van der Waals surface area contributed by atoms with Crippen molar-refractivity contribution in [3.63, 3.8) is 0 Å². The maximum atomic E-state index is 12.6. The Bertz CT molecular complexity index is 516. The van der Waals surface area contributed by atoms with E-state index in [9.17, 15) is 23.3 Å². The Morgan fingerprint density at radius 3 is 2.38 bits per heavy atom. The molecule has 1 heterocycles. The van der Waals surface area contributed by atoms with Crippen molar-refractivity contribution in [2.24, 2.45) is 5.73 Å². The molecule has 1 aromatic heterocycles. The molecule has 0 radical (unpaired) electrons. The van der Waals surface area contributed by atoms with Gasteiger partial charge >= 0.3 is 11.9 Å². The van der Waals surface area contributed by atoms with E-state index in [4.69, 9.17) is 5.73 Å². The van der Waals surface area contributed by atoms with Crippen molar-refractivity contribution < 1.29 is 18.1 Å². The lowest BCUT2D eigenvalue weighted by Gasteiger charge is -2.27. The Hall–Kier alpha value is -1.90. The number of hydrogen-bond acceptors (Lipinski definition) is 5. The van der Waals surface area contributed by atoms with Crippen molar-refractivity contribution in [3.8, 4) is 0 Å². The van der Waals surface area contributed by atoms with Crippen molar-refractivity contribution in [2.45, 2.75) is 38.4 Å². The smallest absolute Gasteiger partial charge is 0.378 e. The molecule has 0 saturated carbocycles. The number of pyridine rings is 1. The van der Waals surface area contributed by atoms with Gasteiger partial charge in [-0.25, -0.2) is 4.98 Å². The summed E-state index contributed by atoms with van der Waals surface area (Å²) in [6, 6.07) is 0.629. The molecule has 0 fully saturated rings. The average molecular weight is 306 g/mol. The van der Waals surface area contributed by atoms with Crippen molar-refractivity contribution in [2.75, 3.05) is 11.9 Å². The second-order valence-corrected chi connectivity index (χ2v) is 4.76. The van der Waals surface area contributed by atoms with Crippen LogP contribution in [0.25, 0.3) is 0 Å². The average Bonchev–Trinajstić information content (AvgIpc) is 2.43. The number of rotatable bonds is 6. The number of nitro groups is 1. The first-order chi connectivity index (χ1) is 9.63. The minimum absolute atomic E-state index is 0.127. The summed E-state index contributed by atoms with van der Waals surface area (Å²) in [5.74, 6) is 0. The topological polar surface area (TPSA) is 94.1 Å². The van der Waals surface area contributed by atoms with Crippen LogP contribution in [0.1, 0.15) is 32.4 Å². The molecule has 1 aromatic rings. The van der Waals surface area contributed by atoms with E-state index in [1.54, 1.807) is 0 Å². The molecular formula is C12H17F3N4O2. The maximum absolute atomic E-state index is 12.6. The molecule has 1 rings (SSSR count). The first kappa shape index (κ1) is 17.2. The van der Waals surface area contributed by atoms with E-state index >= 15 is 0 Å². The van der Waals surface area contributed by atoms with Crippen molar-refractivity contribution in [1.82, 2.24) is 4.98 Å². The Morgan fingerprint density at radius 2 is 1.95 bits per heavy atom. The van der Waals surface area contributed by atoms with Gasteiger partial charge in [0.15, 0.2) is 0 Å². The second-order valence-electron chi connectivity index (χ2n) is 4.76. The molecule has 0 saturated heterocycles. The van der Waals surface area contributed by atoms with Gasteiger partial charge in [-0.1, -0.05) is 13.8 Å². The van der Waals surface area contributed by atoms with Gasteiger partial charge in [0, 0.05) is 12.1 Å². The second kappa shape index (κ2) is 6.25. The highest BCUT2D eigenvalue weighted by atomic mass is 19.4. The van der Waals surface area contributed by atoms with Gasteiger partial charge in [0.25, 0.3) is 0 Å². The fourth-order valence-corrected chi connectivity index (χ4v) is 1.66. The Balaban J connectivity index is 3.10. The van der Waals surface area contributed by atoms with Gasteiger partial charge in [-0.15, -0.1) is 0 Å². The van der Waals surface area contributed by atoms with E-state index < -0.39 is 28.0 Å². The minimum Gasteiger partial charge on any atom is -0.378 e. The van der Waals surface area contributed by atoms with Crippen LogP contribution >= 0.6 is 0 Å². The number of nitrogens with zero attached hydrogens (tertiary/aromatic N) is 2. The summed E-state index contributed by atoms with van der Waals surface area (Å²) in [4.78, 5) is 13.2. The molecule has 0 bridgehead atoms. The number of nitrogens with one attached hydrogen (secondary N) is 1. The van der Waals surface area contributed by atoms with Crippen LogP contribution in [0.3, 0.4) is 0 Å². The largest absolute Gasteiger partial charge is 0.433 e. The Morgan fingerprint density at radius 1 is 1.38 bits per heavy atom. The molecule has 0 amide bonds. The van der Waals surface area contributed by atoms with Gasteiger partial charge in [0.1, 0.15) is 17.6 Å². The summed E-state index contributed by atoms with van der Waals surface area (Å²) in [5, 5.41) is 13.5. The SMILES string of the molecule is CCC(N)(CC)CNc1cc(C(F)(F)F)ncc1[N+](=O)[O-]. The predicted molar refractivity (Wildman–Crippen MR) is 71.9 cm³/mol. The molecule has 6 nitrogen and oxygen atoms in total. The van der Waals surface area contributed by atoms with E-state index in [-0.39, 0.29) is 12.2 Å². The number of alkyl halides is 3. The normalized spacial score (nSPS) is 12.3. The van der Waals surface area contributed by atoms with Crippen LogP contribution in [-0.4, -0.2) is 22.0 Å². The molecule has 118 valence electrons. The molecule has 0 spiro atoms. The molecular weight excluding hydrogens is 289 g/mol. The lowest BCUT2D eigenvalue weighted by molar-refractivity contribution is -0.384. The maximum Gasteiger partial charge on any atom is 0.433 e. The van der Waals surface area contributed by atoms with Gasteiger partial charge in [-0.3, -0.25) is 10.1 Å². The molecule has 0 aromatic carbocycles. The molecule has 0 aliphatic heterocycles. The van der Waals surface area contributed by atoms with Crippen LogP contribution in [-0.2, 0) is 6.18 Å². The number of hydrogen-bond donors (Lipinski definition) is 2. The van der Waals surface area contributed by atoms with Gasteiger partial charge in [-0.2, -0.15) is 13.2 Å². The molecule has 0 unspecified atom stereocenters. The van der Waals surface area contributed by atoms with E-state index in [0.29, 0.717) is 25.1 Å². The van der Waals surface area contributed by atoms with Gasteiger partial charge < -0.3 is 11.1 Å². The zero-order valence-electron chi connectivity index (χ0n) is 11.7. The summed E-state index contributed by atoms with van der Waals surface area (Å²) >= 11 is 0. The van der Waals surface area contributed by atoms with Crippen LogP contribution in [0.4, 0.5) is 24.5 Å². The fraction of sp³-hybridized carbons (Fsp3) is 0.583. The molecule has 0 aliphatic carbocycles. The summed E-state index contributed by atoms with van der Waals surface area (Å²) < 4.78 is 37.9. The number of aromatic nitrogens is 1. The summed E-state index contributed by atoms with van der Waals surface area (Å²) in [7, 11) is 0. The van der Waals surface area contributed by atoms with Gasteiger partial charge in [0.2, 0.25) is 0 Å². The standard InChI is InChI=1S/C12H17F3N4O2/c1-3-11(16,4-2)7-18-8-5-10(12(13,14)15)17-6-9(8)19(20)21/h5-6H,3-4,7,16H2,1-2H3,(H,17,18). The Kier molecular flexibility index (Phi) is 5.10. The first-order valence-electron chi connectivity index (χ1n) is 6.37. The molecule has 0 atom stereocenters. The highest BCUT2D eigenvalue weighted by Gasteiger charge is 2.34. The van der Waals surface area contributed by atoms with E-state index in [2.05, 4.69) is 10.3 Å². The first-order valence-corrected chi connectivity index (χ1v) is 6.37. The van der Waals surface area contributed by atoms with Crippen LogP contribution in [0.15, 0.2) is 12.3 Å². The molecule has 3 N–H and O–H groups in total. The highest BCUT2D eigenvalue weighted by molar-refractivity contribution is 5.61. The fourth-order valence-electron chi connectivity index (χ4n) is 1.66. The van der Waals surface area contributed by atoms with Crippen LogP contribution in [0, 0.1) is 10.1 Å². The third-order valence-corrected chi connectivity index (χ3v) is 3.41. The van der Waals surface area contributed by atoms with Crippen LogP contribution in [0.5, 0.6) is 0 Å². The number of halogens is 3. The highest BCUT2D eigenvalue weighted by Crippen LogP contribution is 2.33. The number of anilines is 1. The zero-order valence-corrected chi connectivity index (χ0v) is 11.7. The third kappa shape index (κ3) is 4.28. The quantitative estimate of drug-likeness (QED) is 0.622. The lowest BCUT2D eigenvalue weighted by Crippen LogP contribution is -2.45. The third-order valence-electron chi connectivity index (χ3n) is 3.41. The van der Waals surface area contributed by atoms with Crippen molar-refractivity contribution in [3.05, 3.63) is 28.1 Å².